The van der Waals surface area contributed by atoms with E-state index in [1.54, 1.807) is 43.5 Å². The monoisotopic (exact) mass is 489 g/mol. The number of rotatable bonds is 6. The molecule has 0 saturated heterocycles. The highest BCUT2D eigenvalue weighted by atomic mass is 35.5. The summed E-state index contributed by atoms with van der Waals surface area (Å²) >= 11 is 7.41. The van der Waals surface area contributed by atoms with Gasteiger partial charge in [0.2, 0.25) is 11.8 Å². The highest BCUT2D eigenvalue weighted by Crippen LogP contribution is 2.40. The van der Waals surface area contributed by atoms with Crippen LogP contribution in [0.2, 0.25) is 5.02 Å². The van der Waals surface area contributed by atoms with E-state index in [1.165, 1.54) is 11.8 Å². The minimum absolute atomic E-state index is 0.132. The Morgan fingerprint density at radius 3 is 2.59 bits per heavy atom. The van der Waals surface area contributed by atoms with Crippen molar-refractivity contribution in [2.24, 2.45) is 0 Å². The first-order valence-electron chi connectivity index (χ1n) is 10.6. The molecule has 0 saturated carbocycles. The van der Waals surface area contributed by atoms with Gasteiger partial charge in [0.1, 0.15) is 16.5 Å². The standard InChI is InChI=1S/C26H20ClN3O3S/c1-32-20-12-10-19(11-13-20)28-23(31)15-34-26-21-14-17-4-2-3-5-22(17)33-25(21)29-24(30-26)16-6-8-18(27)9-7-16/h2-13H,14-15H2,1H3,(H,28,31). The van der Waals surface area contributed by atoms with Gasteiger partial charge >= 0.3 is 0 Å². The smallest absolute Gasteiger partial charge is 0.234 e. The second-order valence-corrected chi connectivity index (χ2v) is 9.00. The molecule has 2 heterocycles. The topological polar surface area (TPSA) is 73.3 Å². The number of amides is 1. The molecule has 0 bridgehead atoms. The van der Waals surface area contributed by atoms with Crippen molar-refractivity contribution in [3.05, 3.63) is 88.9 Å². The quantitative estimate of drug-likeness (QED) is 0.225. The molecule has 5 rings (SSSR count). The summed E-state index contributed by atoms with van der Waals surface area (Å²) in [4.78, 5) is 22.1. The Kier molecular flexibility index (Phi) is 6.38. The van der Waals surface area contributed by atoms with Gasteiger partial charge in [0.05, 0.1) is 18.4 Å². The van der Waals surface area contributed by atoms with E-state index in [0.29, 0.717) is 33.9 Å². The largest absolute Gasteiger partial charge is 0.497 e. The Hall–Kier alpha value is -3.55. The van der Waals surface area contributed by atoms with E-state index in [-0.39, 0.29) is 11.7 Å². The average Bonchev–Trinajstić information content (AvgIpc) is 2.87. The molecule has 0 atom stereocenters. The average molecular weight is 490 g/mol. The van der Waals surface area contributed by atoms with E-state index >= 15 is 0 Å². The number of fused-ring (bicyclic) bond motifs is 2. The summed E-state index contributed by atoms with van der Waals surface area (Å²) in [5, 5.41) is 4.26. The molecule has 0 aliphatic carbocycles. The normalized spacial score (nSPS) is 11.7. The van der Waals surface area contributed by atoms with Crippen molar-refractivity contribution >= 4 is 35.0 Å². The number of carbonyl (C=O) groups excluding carboxylic acids is 1. The van der Waals surface area contributed by atoms with Crippen molar-refractivity contribution < 1.29 is 14.3 Å². The zero-order valence-electron chi connectivity index (χ0n) is 18.2. The lowest BCUT2D eigenvalue weighted by atomic mass is 10.0. The van der Waals surface area contributed by atoms with Gasteiger partial charge in [-0.2, -0.15) is 4.98 Å². The second kappa shape index (κ2) is 9.75. The fraction of sp³-hybridized carbons (Fsp3) is 0.115. The van der Waals surface area contributed by atoms with Gasteiger partial charge in [0, 0.05) is 22.7 Å². The minimum Gasteiger partial charge on any atom is -0.497 e. The molecule has 1 N–H and O–H groups in total. The van der Waals surface area contributed by atoms with Crippen LogP contribution >= 0.6 is 23.4 Å². The summed E-state index contributed by atoms with van der Waals surface area (Å²) in [6.45, 7) is 0. The number of methoxy groups -OCH3 is 1. The Balaban J connectivity index is 1.41. The molecule has 34 heavy (non-hydrogen) atoms. The molecule has 4 aromatic rings. The molecule has 170 valence electrons. The van der Waals surface area contributed by atoms with Crippen LogP contribution in [-0.4, -0.2) is 28.7 Å². The SMILES string of the molecule is COc1ccc(NC(=O)CSc2nc(-c3ccc(Cl)cc3)nc3c2Cc2ccccc2O3)cc1. The molecule has 0 unspecified atom stereocenters. The summed E-state index contributed by atoms with van der Waals surface area (Å²) in [6.07, 6.45) is 0.634. The van der Waals surface area contributed by atoms with E-state index in [2.05, 4.69) is 10.3 Å². The number of aromatic nitrogens is 2. The van der Waals surface area contributed by atoms with Crippen LogP contribution in [0.5, 0.6) is 17.4 Å². The van der Waals surface area contributed by atoms with Crippen LogP contribution in [-0.2, 0) is 11.2 Å². The fourth-order valence-corrected chi connectivity index (χ4v) is 4.53. The highest BCUT2D eigenvalue weighted by molar-refractivity contribution is 8.00. The predicted octanol–water partition coefficient (Wildman–Crippen LogP) is 6.23. The maximum atomic E-state index is 12.6. The third kappa shape index (κ3) is 4.85. The van der Waals surface area contributed by atoms with Crippen molar-refractivity contribution in [1.29, 1.82) is 0 Å². The Bertz CT molecular complexity index is 1340. The number of hydrogen-bond acceptors (Lipinski definition) is 6. The molecule has 0 fully saturated rings. The van der Waals surface area contributed by atoms with E-state index in [4.69, 9.17) is 26.1 Å². The Morgan fingerprint density at radius 1 is 1.06 bits per heavy atom. The molecule has 1 aliphatic heterocycles. The summed E-state index contributed by atoms with van der Waals surface area (Å²) in [7, 11) is 1.60. The first-order valence-corrected chi connectivity index (χ1v) is 11.9. The number of hydrogen-bond donors (Lipinski definition) is 1. The van der Waals surface area contributed by atoms with Crippen LogP contribution in [0.15, 0.2) is 77.8 Å². The van der Waals surface area contributed by atoms with Gasteiger partial charge in [-0.1, -0.05) is 41.6 Å². The van der Waals surface area contributed by atoms with Crippen molar-refractivity contribution in [3.63, 3.8) is 0 Å². The first kappa shape index (κ1) is 22.3. The van der Waals surface area contributed by atoms with Crippen LogP contribution in [0.1, 0.15) is 11.1 Å². The van der Waals surface area contributed by atoms with Crippen LogP contribution < -0.4 is 14.8 Å². The van der Waals surface area contributed by atoms with E-state index in [0.717, 1.165) is 28.2 Å². The summed E-state index contributed by atoms with van der Waals surface area (Å²) in [5.74, 6) is 2.60. The minimum atomic E-state index is -0.132. The number of nitrogens with one attached hydrogen (secondary N) is 1. The molecule has 1 aliphatic rings. The number of benzene rings is 3. The van der Waals surface area contributed by atoms with Crippen LogP contribution in [0.25, 0.3) is 11.4 Å². The molecule has 8 heteroatoms. The lowest BCUT2D eigenvalue weighted by Gasteiger charge is -2.21. The molecule has 3 aromatic carbocycles. The molecule has 6 nitrogen and oxygen atoms in total. The van der Waals surface area contributed by atoms with Crippen molar-refractivity contribution in [2.45, 2.75) is 11.4 Å². The molecule has 1 aromatic heterocycles. The van der Waals surface area contributed by atoms with Crippen molar-refractivity contribution in [1.82, 2.24) is 9.97 Å². The maximum Gasteiger partial charge on any atom is 0.234 e. The maximum absolute atomic E-state index is 12.6. The first-order chi connectivity index (χ1) is 16.6. The van der Waals surface area contributed by atoms with Gasteiger partial charge in [-0.15, -0.1) is 0 Å². The third-order valence-corrected chi connectivity index (χ3v) is 6.56. The molecule has 1 amide bonds. The lowest BCUT2D eigenvalue weighted by molar-refractivity contribution is -0.113. The van der Waals surface area contributed by atoms with Crippen molar-refractivity contribution in [2.75, 3.05) is 18.2 Å². The van der Waals surface area contributed by atoms with E-state index in [9.17, 15) is 4.79 Å². The summed E-state index contributed by atoms with van der Waals surface area (Å²) in [5.41, 5.74) is 3.45. The van der Waals surface area contributed by atoms with Crippen molar-refractivity contribution in [3.8, 4) is 28.8 Å². The molecular weight excluding hydrogens is 470 g/mol. The number of ether oxygens (including phenoxy) is 2. The van der Waals surface area contributed by atoms with Gasteiger partial charge in [-0.3, -0.25) is 4.79 Å². The fourth-order valence-electron chi connectivity index (χ4n) is 3.58. The predicted molar refractivity (Wildman–Crippen MR) is 134 cm³/mol. The van der Waals surface area contributed by atoms with Gasteiger partial charge in [0.15, 0.2) is 5.82 Å². The molecular formula is C26H20ClN3O3S. The summed E-state index contributed by atoms with van der Waals surface area (Å²) < 4.78 is 11.3. The zero-order chi connectivity index (χ0) is 23.5. The molecule has 0 spiro atoms. The number of anilines is 1. The van der Waals surface area contributed by atoms with Crippen LogP contribution in [0, 0.1) is 0 Å². The lowest BCUT2D eigenvalue weighted by Crippen LogP contribution is -2.15. The molecule has 0 radical (unpaired) electrons. The van der Waals surface area contributed by atoms with Gasteiger partial charge in [-0.25, -0.2) is 4.98 Å². The van der Waals surface area contributed by atoms with Gasteiger partial charge < -0.3 is 14.8 Å². The van der Waals surface area contributed by atoms with E-state index in [1.807, 2.05) is 36.4 Å². The third-order valence-electron chi connectivity index (χ3n) is 5.29. The zero-order valence-corrected chi connectivity index (χ0v) is 19.8. The van der Waals surface area contributed by atoms with E-state index < -0.39 is 0 Å². The van der Waals surface area contributed by atoms with Gasteiger partial charge in [0.25, 0.3) is 0 Å². The summed E-state index contributed by atoms with van der Waals surface area (Å²) in [6, 6.07) is 22.4. The number of nitrogens with zero attached hydrogens (tertiary/aromatic N) is 2. The number of para-hydroxylation sites is 1. The van der Waals surface area contributed by atoms with Crippen LogP contribution in [0.3, 0.4) is 0 Å². The van der Waals surface area contributed by atoms with Gasteiger partial charge in [-0.05, 0) is 60.2 Å². The highest BCUT2D eigenvalue weighted by Gasteiger charge is 2.24. The number of carbonyl (C=O) groups is 1. The number of halogens is 1. The number of thioether (sulfide) groups is 1. The Labute approximate surface area is 206 Å². The second-order valence-electron chi connectivity index (χ2n) is 7.59. The van der Waals surface area contributed by atoms with Crippen LogP contribution in [0.4, 0.5) is 5.69 Å². The Morgan fingerprint density at radius 2 is 1.82 bits per heavy atom.